The van der Waals surface area contributed by atoms with Gasteiger partial charge in [0.2, 0.25) is 5.91 Å². The van der Waals surface area contributed by atoms with Gasteiger partial charge in [-0.25, -0.2) is 4.98 Å². The highest BCUT2D eigenvalue weighted by Gasteiger charge is 2.35. The van der Waals surface area contributed by atoms with E-state index in [1.165, 1.54) is 11.1 Å². The van der Waals surface area contributed by atoms with Crippen LogP contribution in [0.25, 0.3) is 10.9 Å². The maximum absolute atomic E-state index is 13.3. The van der Waals surface area contributed by atoms with Crippen molar-refractivity contribution in [1.82, 2.24) is 24.8 Å². The first-order chi connectivity index (χ1) is 16.4. The summed E-state index contributed by atoms with van der Waals surface area (Å²) in [5.74, 6) is 0.164. The molecule has 1 aliphatic heterocycles. The molecule has 3 N–H and O–H groups in total. The van der Waals surface area contributed by atoms with Crippen LogP contribution in [0, 0.1) is 13.8 Å². The molecule has 0 fully saturated rings. The molecule has 4 heterocycles. The Balaban J connectivity index is 1.33. The molecule has 1 aromatic carbocycles. The molecule has 0 saturated heterocycles. The number of pyridine rings is 1. The lowest BCUT2D eigenvalue weighted by atomic mass is 10.0. The molecule has 5 rings (SSSR count). The Morgan fingerprint density at radius 3 is 2.71 bits per heavy atom. The quantitative estimate of drug-likeness (QED) is 0.410. The van der Waals surface area contributed by atoms with Gasteiger partial charge < -0.3 is 15.6 Å². The van der Waals surface area contributed by atoms with Crippen LogP contribution in [0.3, 0.4) is 0 Å². The zero-order valence-electron chi connectivity index (χ0n) is 19.6. The molecule has 8 heteroatoms. The number of carbonyl (C=O) groups excluding carboxylic acids is 1. The van der Waals surface area contributed by atoms with Crippen molar-refractivity contribution >= 4 is 22.6 Å². The van der Waals surface area contributed by atoms with E-state index in [1.807, 2.05) is 19.1 Å². The molecule has 4 aromatic rings. The maximum Gasteiger partial charge on any atom is 0.294 e. The van der Waals surface area contributed by atoms with Crippen LogP contribution in [0.5, 0.6) is 0 Å². The van der Waals surface area contributed by atoms with Crippen LogP contribution in [-0.2, 0) is 17.9 Å². The fraction of sp³-hybridized carbons (Fsp3) is 0.308. The normalized spacial score (nSPS) is 17.0. The molecule has 34 heavy (non-hydrogen) atoms. The lowest BCUT2D eigenvalue weighted by molar-refractivity contribution is -0.124. The number of anilines is 1. The van der Waals surface area contributed by atoms with Gasteiger partial charge in [0.15, 0.2) is 5.82 Å². The summed E-state index contributed by atoms with van der Waals surface area (Å²) in [5, 5.41) is 7.16. The molecule has 174 valence electrons. The van der Waals surface area contributed by atoms with Crippen LogP contribution in [0.4, 0.5) is 5.82 Å². The molecule has 1 aliphatic rings. The minimum atomic E-state index is -0.562. The molecular weight excluding hydrogens is 428 g/mol. The average Bonchev–Trinajstić information content (AvgIpc) is 3.37. The number of aryl methyl sites for hydroxylation is 2. The number of rotatable bonds is 6. The summed E-state index contributed by atoms with van der Waals surface area (Å²) in [7, 11) is 0. The number of hydrogen-bond acceptors (Lipinski definition) is 5. The molecule has 3 aromatic heterocycles. The second-order valence-corrected chi connectivity index (χ2v) is 9.18. The minimum absolute atomic E-state index is 0.0728. The van der Waals surface area contributed by atoms with Crippen molar-refractivity contribution in [2.24, 2.45) is 0 Å². The Morgan fingerprint density at radius 2 is 1.94 bits per heavy atom. The van der Waals surface area contributed by atoms with Gasteiger partial charge in [0, 0.05) is 53.3 Å². The SMILES string of the molecule is Cc1cc(C)cc(CNc2ncc3n(c2=O)[C@H](C(=O)NCc2cc4cnccc4[nH]2)C[C@@H]3C)c1. The molecule has 0 radical (unpaired) electrons. The van der Waals surface area contributed by atoms with Crippen molar-refractivity contribution < 1.29 is 4.79 Å². The van der Waals surface area contributed by atoms with E-state index in [4.69, 9.17) is 0 Å². The average molecular weight is 457 g/mol. The second kappa shape index (κ2) is 8.78. The van der Waals surface area contributed by atoms with Gasteiger partial charge in [-0.1, -0.05) is 36.2 Å². The van der Waals surface area contributed by atoms with E-state index >= 15 is 0 Å². The van der Waals surface area contributed by atoms with E-state index in [1.54, 1.807) is 23.2 Å². The number of nitrogens with zero attached hydrogens (tertiary/aromatic N) is 3. The predicted octanol–water partition coefficient (Wildman–Crippen LogP) is 3.71. The molecule has 0 aliphatic carbocycles. The van der Waals surface area contributed by atoms with E-state index in [0.717, 1.165) is 27.9 Å². The third-order valence-electron chi connectivity index (χ3n) is 6.39. The lowest BCUT2D eigenvalue weighted by Gasteiger charge is -2.16. The number of fused-ring (bicyclic) bond motifs is 2. The van der Waals surface area contributed by atoms with Crippen molar-refractivity contribution in [1.29, 1.82) is 0 Å². The first-order valence-corrected chi connectivity index (χ1v) is 11.5. The summed E-state index contributed by atoms with van der Waals surface area (Å²) in [4.78, 5) is 38.2. The summed E-state index contributed by atoms with van der Waals surface area (Å²) in [6, 6.07) is 9.59. The summed E-state index contributed by atoms with van der Waals surface area (Å²) < 4.78 is 1.60. The molecule has 0 saturated carbocycles. The highest BCUT2D eigenvalue weighted by atomic mass is 16.2. The van der Waals surface area contributed by atoms with E-state index in [2.05, 4.69) is 57.6 Å². The maximum atomic E-state index is 13.3. The van der Waals surface area contributed by atoms with Crippen LogP contribution >= 0.6 is 0 Å². The number of benzene rings is 1. The molecule has 0 unspecified atom stereocenters. The van der Waals surface area contributed by atoms with Gasteiger partial charge in [-0.05, 0) is 38.0 Å². The molecule has 0 bridgehead atoms. The van der Waals surface area contributed by atoms with Crippen LogP contribution < -0.4 is 16.2 Å². The van der Waals surface area contributed by atoms with Crippen LogP contribution in [-0.4, -0.2) is 25.4 Å². The monoisotopic (exact) mass is 456 g/mol. The van der Waals surface area contributed by atoms with Crippen LogP contribution in [0.1, 0.15) is 53.4 Å². The first-order valence-electron chi connectivity index (χ1n) is 11.5. The highest BCUT2D eigenvalue weighted by molar-refractivity contribution is 5.82. The first kappa shape index (κ1) is 21.9. The number of H-pyrrole nitrogens is 1. The summed E-state index contributed by atoms with van der Waals surface area (Å²) in [6.07, 6.45) is 5.79. The topological polar surface area (TPSA) is 105 Å². The van der Waals surface area contributed by atoms with Crippen molar-refractivity contribution in [2.75, 3.05) is 5.32 Å². The summed E-state index contributed by atoms with van der Waals surface area (Å²) >= 11 is 0. The third kappa shape index (κ3) is 4.19. The predicted molar refractivity (Wildman–Crippen MR) is 132 cm³/mol. The fourth-order valence-corrected chi connectivity index (χ4v) is 4.86. The Kier molecular flexibility index (Phi) is 5.65. The second-order valence-electron chi connectivity index (χ2n) is 9.18. The third-order valence-corrected chi connectivity index (χ3v) is 6.39. The lowest BCUT2D eigenvalue weighted by Crippen LogP contribution is -2.36. The molecular formula is C26H28N6O2. The Bertz CT molecular complexity index is 1380. The smallest absolute Gasteiger partial charge is 0.294 e. The van der Waals surface area contributed by atoms with E-state index < -0.39 is 6.04 Å². The molecule has 0 spiro atoms. The largest absolute Gasteiger partial charge is 0.361 e. The Labute approximate surface area is 197 Å². The number of aromatic nitrogens is 4. The summed E-state index contributed by atoms with van der Waals surface area (Å²) in [5.41, 5.74) is 5.82. The van der Waals surface area contributed by atoms with Crippen LogP contribution in [0.15, 0.2) is 53.7 Å². The van der Waals surface area contributed by atoms with E-state index in [9.17, 15) is 9.59 Å². The number of hydrogen-bond donors (Lipinski definition) is 3. The molecule has 1 amide bonds. The summed E-state index contributed by atoms with van der Waals surface area (Å²) in [6.45, 7) is 6.97. The molecule has 2 atom stereocenters. The highest BCUT2D eigenvalue weighted by Crippen LogP contribution is 2.34. The van der Waals surface area contributed by atoms with Gasteiger partial charge in [0.1, 0.15) is 6.04 Å². The number of amides is 1. The van der Waals surface area contributed by atoms with Gasteiger partial charge in [0.05, 0.1) is 6.54 Å². The van der Waals surface area contributed by atoms with Crippen molar-refractivity contribution in [3.8, 4) is 0 Å². The number of carbonyl (C=O) groups is 1. The zero-order chi connectivity index (χ0) is 23.8. The molecule has 8 nitrogen and oxygen atoms in total. The van der Waals surface area contributed by atoms with Gasteiger partial charge in [0.25, 0.3) is 5.56 Å². The van der Waals surface area contributed by atoms with Gasteiger partial charge >= 0.3 is 0 Å². The Hall–Kier alpha value is -3.94. The Morgan fingerprint density at radius 1 is 1.15 bits per heavy atom. The van der Waals surface area contributed by atoms with Crippen molar-refractivity contribution in [3.63, 3.8) is 0 Å². The van der Waals surface area contributed by atoms with Gasteiger partial charge in [-0.15, -0.1) is 0 Å². The number of aromatic amines is 1. The zero-order valence-corrected chi connectivity index (χ0v) is 19.6. The fourth-order valence-electron chi connectivity index (χ4n) is 4.86. The van der Waals surface area contributed by atoms with Gasteiger partial charge in [-0.2, -0.15) is 0 Å². The van der Waals surface area contributed by atoms with Gasteiger partial charge in [-0.3, -0.25) is 19.1 Å². The minimum Gasteiger partial charge on any atom is -0.361 e. The number of nitrogens with one attached hydrogen (secondary N) is 3. The van der Waals surface area contributed by atoms with E-state index in [-0.39, 0.29) is 23.2 Å². The van der Waals surface area contributed by atoms with Crippen LogP contribution in [0.2, 0.25) is 0 Å². The standard InChI is InChI=1S/C26H28N6O2/c1-15-6-16(2)8-18(7-15)11-28-24-26(34)32-22(9-17(3)23(32)14-29-24)25(33)30-13-20-10-19-12-27-5-4-21(19)31-20/h4-8,10,12,14,17,22,31H,9,11,13H2,1-3H3,(H,28,29)(H,30,33)/t17-,22-/m0/s1. The van der Waals surface area contributed by atoms with Crippen molar-refractivity contribution in [2.45, 2.75) is 52.2 Å². The van der Waals surface area contributed by atoms with Crippen molar-refractivity contribution in [3.05, 3.63) is 87.4 Å². The van der Waals surface area contributed by atoms with E-state index in [0.29, 0.717) is 19.5 Å².